The van der Waals surface area contributed by atoms with Crippen LogP contribution in [0.15, 0.2) is 24.3 Å². The molecule has 0 bridgehead atoms. The van der Waals surface area contributed by atoms with E-state index in [9.17, 15) is 21.6 Å². The molecule has 7 heteroatoms. The van der Waals surface area contributed by atoms with Gasteiger partial charge in [0.15, 0.2) is 0 Å². The molecule has 1 aromatic rings. The van der Waals surface area contributed by atoms with Gasteiger partial charge in [0.1, 0.15) is 0 Å². The van der Waals surface area contributed by atoms with Crippen molar-refractivity contribution in [1.82, 2.24) is 0 Å². The van der Waals surface area contributed by atoms with Gasteiger partial charge in [-0.25, -0.2) is 0 Å². The monoisotopic (exact) mass is 280 g/mol. The van der Waals surface area contributed by atoms with Gasteiger partial charge in [-0.15, -0.1) is 0 Å². The van der Waals surface area contributed by atoms with E-state index in [0.717, 1.165) is 18.4 Å². The molecule has 1 saturated carbocycles. The number of halogens is 3. The van der Waals surface area contributed by atoms with E-state index < -0.39 is 22.2 Å². The third kappa shape index (κ3) is 2.84. The predicted octanol–water partition coefficient (Wildman–Crippen LogP) is 2.93. The van der Waals surface area contributed by atoms with Crippen molar-refractivity contribution in [3.8, 4) is 0 Å². The number of alkyl halides is 3. The van der Waals surface area contributed by atoms with Crippen molar-refractivity contribution in [1.29, 1.82) is 0 Å². The van der Waals surface area contributed by atoms with Gasteiger partial charge in [0.05, 0.1) is 6.61 Å². The predicted molar refractivity (Wildman–Crippen MR) is 58.2 cm³/mol. The van der Waals surface area contributed by atoms with E-state index in [4.69, 9.17) is 0 Å². The van der Waals surface area contributed by atoms with Crippen LogP contribution in [0.25, 0.3) is 0 Å². The summed E-state index contributed by atoms with van der Waals surface area (Å²) < 4.78 is 61.9. The molecule has 0 radical (unpaired) electrons. The molecule has 0 saturated heterocycles. The van der Waals surface area contributed by atoms with E-state index in [1.807, 2.05) is 0 Å². The highest BCUT2D eigenvalue weighted by Gasteiger charge is 2.47. The molecule has 0 aromatic heterocycles. The van der Waals surface area contributed by atoms with Crippen LogP contribution in [-0.2, 0) is 20.9 Å². The summed E-state index contributed by atoms with van der Waals surface area (Å²) in [5, 5.41) is 0. The minimum atomic E-state index is -5.52. The molecule has 0 aliphatic heterocycles. The van der Waals surface area contributed by atoms with Gasteiger partial charge in [-0.1, -0.05) is 24.3 Å². The minimum Gasteiger partial charge on any atom is -0.258 e. The molecule has 1 fully saturated rings. The van der Waals surface area contributed by atoms with Crippen LogP contribution >= 0.6 is 0 Å². The zero-order chi connectivity index (χ0) is 13.4. The second-order valence-corrected chi connectivity index (χ2v) is 5.74. The lowest BCUT2D eigenvalue weighted by molar-refractivity contribution is -0.0548. The molecule has 1 aliphatic carbocycles. The first-order valence-corrected chi connectivity index (χ1v) is 6.75. The summed E-state index contributed by atoms with van der Waals surface area (Å²) in [6.45, 7) is -0.575. The van der Waals surface area contributed by atoms with Crippen LogP contribution < -0.4 is 0 Å². The van der Waals surface area contributed by atoms with Crippen LogP contribution in [0.5, 0.6) is 0 Å². The number of rotatable bonds is 4. The Morgan fingerprint density at radius 1 is 1.22 bits per heavy atom. The fraction of sp³-hybridized carbons (Fsp3) is 0.455. The van der Waals surface area contributed by atoms with Gasteiger partial charge in [0.2, 0.25) is 0 Å². The molecule has 0 amide bonds. The SMILES string of the molecule is O=S(=O)(OCc1ccccc1C1CC1)C(F)(F)F. The maximum absolute atomic E-state index is 12.1. The first kappa shape index (κ1) is 13.4. The fourth-order valence-electron chi connectivity index (χ4n) is 1.67. The van der Waals surface area contributed by atoms with E-state index in [2.05, 4.69) is 4.18 Å². The van der Waals surface area contributed by atoms with Gasteiger partial charge in [-0.05, 0) is 29.9 Å². The van der Waals surface area contributed by atoms with E-state index in [0.29, 0.717) is 11.5 Å². The van der Waals surface area contributed by atoms with Crippen LogP contribution in [0.2, 0.25) is 0 Å². The quantitative estimate of drug-likeness (QED) is 0.629. The summed E-state index contributed by atoms with van der Waals surface area (Å²) in [5.41, 5.74) is -4.01. The topological polar surface area (TPSA) is 43.4 Å². The largest absolute Gasteiger partial charge is 0.523 e. The summed E-state index contributed by atoms with van der Waals surface area (Å²) >= 11 is 0. The molecule has 1 aromatic carbocycles. The number of benzene rings is 1. The normalized spacial score (nSPS) is 16.8. The molecular weight excluding hydrogens is 269 g/mol. The van der Waals surface area contributed by atoms with Crippen LogP contribution in [0.4, 0.5) is 13.2 Å². The Labute approximate surface area is 103 Å². The molecule has 100 valence electrons. The van der Waals surface area contributed by atoms with Crippen LogP contribution in [0, 0.1) is 0 Å². The summed E-state index contributed by atoms with van der Waals surface area (Å²) in [7, 11) is -5.52. The molecule has 0 unspecified atom stereocenters. The van der Waals surface area contributed by atoms with Crippen molar-refractivity contribution < 1.29 is 25.8 Å². The Bertz CT molecular complexity index is 533. The molecule has 18 heavy (non-hydrogen) atoms. The highest BCUT2D eigenvalue weighted by Crippen LogP contribution is 2.41. The molecule has 1 aliphatic rings. The summed E-state index contributed by atoms with van der Waals surface area (Å²) in [6.07, 6.45) is 1.95. The Kier molecular flexibility index (Phi) is 3.37. The molecule has 0 spiro atoms. The van der Waals surface area contributed by atoms with Gasteiger partial charge >= 0.3 is 15.6 Å². The van der Waals surface area contributed by atoms with Crippen molar-refractivity contribution >= 4 is 10.1 Å². The standard InChI is InChI=1S/C11H11F3O3S/c12-11(13,14)18(15,16)17-7-9-3-1-2-4-10(9)8-5-6-8/h1-4,8H,5-7H2. The molecule has 0 heterocycles. The lowest BCUT2D eigenvalue weighted by Gasteiger charge is -2.11. The first-order chi connectivity index (χ1) is 8.31. The van der Waals surface area contributed by atoms with E-state index in [-0.39, 0.29) is 0 Å². The van der Waals surface area contributed by atoms with Crippen molar-refractivity contribution in [3.05, 3.63) is 35.4 Å². The van der Waals surface area contributed by atoms with Crippen LogP contribution in [-0.4, -0.2) is 13.9 Å². The minimum absolute atomic E-state index is 0.318. The molecule has 0 atom stereocenters. The average Bonchev–Trinajstić information content (AvgIpc) is 3.09. The van der Waals surface area contributed by atoms with Crippen molar-refractivity contribution in [2.24, 2.45) is 0 Å². The molecule has 3 nitrogen and oxygen atoms in total. The molecule has 0 N–H and O–H groups in total. The van der Waals surface area contributed by atoms with Crippen molar-refractivity contribution in [2.45, 2.75) is 30.9 Å². The Morgan fingerprint density at radius 3 is 2.39 bits per heavy atom. The zero-order valence-corrected chi connectivity index (χ0v) is 10.1. The van der Waals surface area contributed by atoms with E-state index in [1.165, 1.54) is 0 Å². The number of hydrogen-bond donors (Lipinski definition) is 0. The van der Waals surface area contributed by atoms with Gasteiger partial charge in [0.25, 0.3) is 0 Å². The Morgan fingerprint density at radius 2 is 1.83 bits per heavy atom. The second-order valence-electron chi connectivity index (χ2n) is 4.14. The maximum Gasteiger partial charge on any atom is 0.523 e. The summed E-state index contributed by atoms with van der Waals surface area (Å²) in [5.74, 6) is 0.318. The van der Waals surface area contributed by atoms with Crippen LogP contribution in [0.1, 0.15) is 29.9 Å². The third-order valence-electron chi connectivity index (χ3n) is 2.73. The lowest BCUT2D eigenvalue weighted by atomic mass is 10.0. The first-order valence-electron chi connectivity index (χ1n) is 5.35. The maximum atomic E-state index is 12.1. The molecule has 2 rings (SSSR count). The van der Waals surface area contributed by atoms with Gasteiger partial charge < -0.3 is 0 Å². The van der Waals surface area contributed by atoms with Crippen molar-refractivity contribution in [2.75, 3.05) is 0 Å². The lowest BCUT2D eigenvalue weighted by Crippen LogP contribution is -2.25. The highest BCUT2D eigenvalue weighted by atomic mass is 32.2. The van der Waals surface area contributed by atoms with Crippen molar-refractivity contribution in [3.63, 3.8) is 0 Å². The third-order valence-corrected chi connectivity index (χ3v) is 3.72. The second kappa shape index (κ2) is 4.55. The summed E-state index contributed by atoms with van der Waals surface area (Å²) in [4.78, 5) is 0. The zero-order valence-electron chi connectivity index (χ0n) is 9.27. The van der Waals surface area contributed by atoms with E-state index >= 15 is 0 Å². The summed E-state index contributed by atoms with van der Waals surface area (Å²) in [6, 6.07) is 6.79. The van der Waals surface area contributed by atoms with Gasteiger partial charge in [-0.3, -0.25) is 4.18 Å². The Balaban J connectivity index is 2.12. The van der Waals surface area contributed by atoms with E-state index in [1.54, 1.807) is 24.3 Å². The Hall–Kier alpha value is -1.08. The van der Waals surface area contributed by atoms with Gasteiger partial charge in [0, 0.05) is 0 Å². The highest BCUT2D eigenvalue weighted by molar-refractivity contribution is 7.87. The number of hydrogen-bond acceptors (Lipinski definition) is 3. The smallest absolute Gasteiger partial charge is 0.258 e. The van der Waals surface area contributed by atoms with Gasteiger partial charge in [-0.2, -0.15) is 21.6 Å². The van der Waals surface area contributed by atoms with Crippen LogP contribution in [0.3, 0.4) is 0 Å². The average molecular weight is 280 g/mol. The fourth-order valence-corrected chi connectivity index (χ4v) is 2.08. The molecular formula is C11H11F3O3S.